The normalized spacial score (nSPS) is 13.2. The minimum absolute atomic E-state index is 0.0293. The lowest BCUT2D eigenvalue weighted by atomic mass is 9.79. The van der Waals surface area contributed by atoms with Gasteiger partial charge in [0.1, 0.15) is 5.75 Å². The van der Waals surface area contributed by atoms with Crippen LogP contribution < -0.4 is 10.6 Å². The molecule has 1 N–H and O–H groups in total. The van der Waals surface area contributed by atoms with Gasteiger partial charge >= 0.3 is 0 Å². The SMILES string of the molecule is CN(Cc1ccccc1)C(c1cc(C(C)(C)C)cc(C(C)(C)C)c1O)P(c1ccccc1)c1ccccc1. The van der Waals surface area contributed by atoms with Crippen LogP contribution in [0.2, 0.25) is 0 Å². The highest BCUT2D eigenvalue weighted by molar-refractivity contribution is 7.73. The Balaban J connectivity index is 2.01. The molecule has 0 saturated carbocycles. The van der Waals surface area contributed by atoms with Gasteiger partial charge in [-0.2, -0.15) is 0 Å². The van der Waals surface area contributed by atoms with E-state index in [1.54, 1.807) is 0 Å². The van der Waals surface area contributed by atoms with Crippen molar-refractivity contribution in [2.45, 2.75) is 64.7 Å². The monoisotopic (exact) mass is 523 g/mol. The van der Waals surface area contributed by atoms with Gasteiger partial charge in [-0.25, -0.2) is 0 Å². The first kappa shape index (κ1) is 28.1. The molecule has 0 amide bonds. The first-order chi connectivity index (χ1) is 18.0. The van der Waals surface area contributed by atoms with Gasteiger partial charge in [-0.1, -0.05) is 139 Å². The van der Waals surface area contributed by atoms with E-state index in [-0.39, 0.29) is 16.6 Å². The molecule has 0 aliphatic heterocycles. The summed E-state index contributed by atoms with van der Waals surface area (Å²) >= 11 is 0. The van der Waals surface area contributed by atoms with E-state index in [1.165, 1.54) is 21.7 Å². The number of nitrogens with zero attached hydrogens (tertiary/aromatic N) is 1. The van der Waals surface area contributed by atoms with Crippen LogP contribution in [0.1, 0.15) is 69.6 Å². The van der Waals surface area contributed by atoms with Crippen molar-refractivity contribution < 1.29 is 5.11 Å². The highest BCUT2D eigenvalue weighted by Crippen LogP contribution is 2.55. The minimum Gasteiger partial charge on any atom is -0.507 e. The fraction of sp³-hybridized carbons (Fsp3) is 0.314. The molecule has 4 aromatic rings. The molecule has 38 heavy (non-hydrogen) atoms. The first-order valence-electron chi connectivity index (χ1n) is 13.5. The number of phenolic OH excluding ortho intramolecular Hbond substituents is 1. The van der Waals surface area contributed by atoms with Crippen LogP contribution in [-0.2, 0) is 17.4 Å². The molecule has 1 atom stereocenters. The molecule has 1 unspecified atom stereocenters. The maximum absolute atomic E-state index is 12.0. The second-order valence-electron chi connectivity index (χ2n) is 12.3. The Morgan fingerprint density at radius 3 is 1.61 bits per heavy atom. The summed E-state index contributed by atoms with van der Waals surface area (Å²) in [6, 6.07) is 36.8. The molecule has 3 heteroatoms. The Morgan fingerprint density at radius 1 is 0.684 bits per heavy atom. The number of aromatic hydroxyl groups is 1. The Morgan fingerprint density at radius 2 is 1.16 bits per heavy atom. The van der Waals surface area contributed by atoms with Gasteiger partial charge in [-0.3, -0.25) is 4.90 Å². The molecule has 0 heterocycles. The average molecular weight is 524 g/mol. The maximum Gasteiger partial charge on any atom is 0.124 e. The third-order valence-corrected chi connectivity index (χ3v) is 9.97. The van der Waals surface area contributed by atoms with E-state index in [1.807, 2.05) is 0 Å². The van der Waals surface area contributed by atoms with Gasteiger partial charge in [-0.15, -0.1) is 0 Å². The standard InChI is InChI=1S/C35H42NOP/c1-34(2,3)27-23-30(32(37)31(24-27)35(4,5)6)33(36(7)25-26-17-11-8-12-18-26)38(28-19-13-9-14-20-28)29-21-15-10-16-22-29/h8-24,33,37H,25H2,1-7H3. The largest absolute Gasteiger partial charge is 0.507 e. The Kier molecular flexibility index (Phi) is 8.46. The minimum atomic E-state index is -0.873. The van der Waals surface area contributed by atoms with Crippen molar-refractivity contribution in [2.24, 2.45) is 0 Å². The molecule has 0 bridgehead atoms. The number of benzene rings is 4. The number of phenols is 1. The van der Waals surface area contributed by atoms with E-state index in [9.17, 15) is 5.11 Å². The topological polar surface area (TPSA) is 23.5 Å². The van der Waals surface area contributed by atoms with E-state index in [4.69, 9.17) is 0 Å². The molecule has 0 aromatic heterocycles. The van der Waals surface area contributed by atoms with Gasteiger partial charge in [-0.05, 0) is 59.2 Å². The Labute approximate surface area is 231 Å². The lowest BCUT2D eigenvalue weighted by Gasteiger charge is -2.38. The summed E-state index contributed by atoms with van der Waals surface area (Å²) in [7, 11) is 1.33. The number of hydrogen-bond donors (Lipinski definition) is 1. The summed E-state index contributed by atoms with van der Waals surface area (Å²) in [6.07, 6.45) is 0. The second kappa shape index (κ2) is 11.4. The van der Waals surface area contributed by atoms with Crippen molar-refractivity contribution >= 4 is 18.5 Å². The summed E-state index contributed by atoms with van der Waals surface area (Å²) in [5.74, 6) is 0.396. The number of rotatable bonds is 7. The molecular formula is C35H42NOP. The summed E-state index contributed by atoms with van der Waals surface area (Å²) in [6.45, 7) is 14.1. The summed E-state index contributed by atoms with van der Waals surface area (Å²) < 4.78 is 0. The van der Waals surface area contributed by atoms with Crippen molar-refractivity contribution in [3.8, 4) is 5.75 Å². The second-order valence-corrected chi connectivity index (χ2v) is 14.5. The van der Waals surface area contributed by atoms with Crippen LogP contribution in [0.4, 0.5) is 0 Å². The number of hydrogen-bond acceptors (Lipinski definition) is 2. The van der Waals surface area contributed by atoms with Gasteiger partial charge in [0, 0.05) is 12.1 Å². The predicted octanol–water partition coefficient (Wildman–Crippen LogP) is 8.25. The maximum atomic E-state index is 12.0. The lowest BCUT2D eigenvalue weighted by Crippen LogP contribution is -2.30. The highest BCUT2D eigenvalue weighted by atomic mass is 31.1. The molecule has 0 aliphatic rings. The molecule has 4 rings (SSSR count). The first-order valence-corrected chi connectivity index (χ1v) is 14.9. The molecule has 4 aromatic carbocycles. The average Bonchev–Trinajstić information content (AvgIpc) is 2.88. The quantitative estimate of drug-likeness (QED) is 0.247. The highest BCUT2D eigenvalue weighted by Gasteiger charge is 2.35. The lowest BCUT2D eigenvalue weighted by molar-refractivity contribution is 0.299. The van der Waals surface area contributed by atoms with Gasteiger partial charge < -0.3 is 5.11 Å². The fourth-order valence-corrected chi connectivity index (χ4v) is 7.80. The van der Waals surface area contributed by atoms with Gasteiger partial charge in [0.15, 0.2) is 0 Å². The van der Waals surface area contributed by atoms with Crippen LogP contribution in [0.25, 0.3) is 0 Å². The van der Waals surface area contributed by atoms with E-state index in [2.05, 4.69) is 157 Å². The molecule has 198 valence electrons. The van der Waals surface area contributed by atoms with Crippen molar-refractivity contribution in [2.75, 3.05) is 7.05 Å². The molecule has 0 radical (unpaired) electrons. The van der Waals surface area contributed by atoms with E-state index in [0.717, 1.165) is 17.7 Å². The van der Waals surface area contributed by atoms with E-state index < -0.39 is 7.92 Å². The molecule has 0 fully saturated rings. The van der Waals surface area contributed by atoms with Crippen LogP contribution in [0.5, 0.6) is 5.75 Å². The predicted molar refractivity (Wildman–Crippen MR) is 165 cm³/mol. The third kappa shape index (κ3) is 6.37. The Bertz CT molecular complexity index is 1280. The van der Waals surface area contributed by atoms with Gasteiger partial charge in [0.05, 0.1) is 5.78 Å². The van der Waals surface area contributed by atoms with Crippen LogP contribution >= 0.6 is 7.92 Å². The summed E-state index contributed by atoms with van der Waals surface area (Å²) in [4.78, 5) is 2.44. The zero-order valence-electron chi connectivity index (χ0n) is 23.9. The van der Waals surface area contributed by atoms with E-state index in [0.29, 0.717) is 5.75 Å². The smallest absolute Gasteiger partial charge is 0.124 e. The fourth-order valence-electron chi connectivity index (χ4n) is 5.00. The zero-order valence-corrected chi connectivity index (χ0v) is 24.8. The van der Waals surface area contributed by atoms with Crippen molar-refractivity contribution in [1.82, 2.24) is 4.90 Å². The Hall–Kier alpha value is -2.93. The van der Waals surface area contributed by atoms with Crippen LogP contribution in [0.15, 0.2) is 103 Å². The van der Waals surface area contributed by atoms with Crippen LogP contribution in [0.3, 0.4) is 0 Å². The third-order valence-electron chi connectivity index (χ3n) is 7.10. The van der Waals surface area contributed by atoms with Crippen molar-refractivity contribution in [1.29, 1.82) is 0 Å². The molecule has 0 saturated heterocycles. The van der Waals surface area contributed by atoms with Crippen molar-refractivity contribution in [3.05, 3.63) is 125 Å². The van der Waals surface area contributed by atoms with Gasteiger partial charge in [0.2, 0.25) is 0 Å². The van der Waals surface area contributed by atoms with Crippen LogP contribution in [-0.4, -0.2) is 17.1 Å². The molecular weight excluding hydrogens is 481 g/mol. The van der Waals surface area contributed by atoms with Gasteiger partial charge in [0.25, 0.3) is 0 Å². The summed E-state index contributed by atoms with van der Waals surface area (Å²) in [5, 5.41) is 14.6. The molecule has 2 nitrogen and oxygen atoms in total. The van der Waals surface area contributed by atoms with Crippen molar-refractivity contribution in [3.63, 3.8) is 0 Å². The molecule has 0 spiro atoms. The molecule has 0 aliphatic carbocycles. The van der Waals surface area contributed by atoms with Crippen LogP contribution in [0, 0.1) is 0 Å². The van der Waals surface area contributed by atoms with E-state index >= 15 is 0 Å². The summed E-state index contributed by atoms with van der Waals surface area (Å²) in [5.41, 5.74) is 4.30. The zero-order chi connectivity index (χ0) is 27.5.